The van der Waals surface area contributed by atoms with Crippen molar-refractivity contribution in [3.63, 3.8) is 0 Å². The predicted octanol–water partition coefficient (Wildman–Crippen LogP) is 2.83. The van der Waals surface area contributed by atoms with Gasteiger partial charge in [-0.25, -0.2) is 0 Å². The Labute approximate surface area is 116 Å². The largest absolute Gasteiger partial charge is 0.468 e. The van der Waals surface area contributed by atoms with Gasteiger partial charge in [0.15, 0.2) is 0 Å². The lowest BCUT2D eigenvalue weighted by atomic mass is 10.1. The van der Waals surface area contributed by atoms with E-state index in [9.17, 15) is 4.79 Å². The number of ether oxygens (including phenoxy) is 1. The first kappa shape index (κ1) is 13.6. The molecule has 0 amide bonds. The number of carbonyl (C=O) groups is 1. The van der Waals surface area contributed by atoms with Crippen LogP contribution >= 0.6 is 15.9 Å². The summed E-state index contributed by atoms with van der Waals surface area (Å²) in [4.78, 5) is 13.9. The van der Waals surface area contributed by atoms with Crippen molar-refractivity contribution in [2.75, 3.05) is 14.2 Å². The first-order chi connectivity index (χ1) is 8.61. The molecule has 1 unspecified atom stereocenters. The van der Waals surface area contributed by atoms with Gasteiger partial charge < -0.3 is 4.74 Å². The van der Waals surface area contributed by atoms with Crippen LogP contribution in [0, 0.1) is 5.92 Å². The van der Waals surface area contributed by atoms with E-state index in [0.29, 0.717) is 5.92 Å². The molecule has 0 N–H and O–H groups in total. The standard InChI is InChI=1S/C14H18BrNO2/c1-16(9-10-3-7-12(15)8-4-10)13(11-5-6-11)14(17)18-2/h3-4,7-8,11,13H,5-6,9H2,1-2H3. The number of halogens is 1. The van der Waals surface area contributed by atoms with E-state index in [-0.39, 0.29) is 12.0 Å². The molecule has 0 radical (unpaired) electrons. The second-order valence-corrected chi connectivity index (χ2v) is 5.76. The molecule has 18 heavy (non-hydrogen) atoms. The van der Waals surface area contributed by atoms with Crippen LogP contribution in [0.15, 0.2) is 28.7 Å². The van der Waals surface area contributed by atoms with Gasteiger partial charge in [0.25, 0.3) is 0 Å². The summed E-state index contributed by atoms with van der Waals surface area (Å²) in [5.41, 5.74) is 1.20. The number of methoxy groups -OCH3 is 1. The Hall–Kier alpha value is -0.870. The summed E-state index contributed by atoms with van der Waals surface area (Å²) < 4.78 is 5.97. The fourth-order valence-electron chi connectivity index (χ4n) is 2.24. The molecule has 1 fully saturated rings. The van der Waals surface area contributed by atoms with Crippen LogP contribution in [-0.4, -0.2) is 31.1 Å². The lowest BCUT2D eigenvalue weighted by Crippen LogP contribution is -2.40. The van der Waals surface area contributed by atoms with E-state index in [2.05, 4.69) is 33.0 Å². The summed E-state index contributed by atoms with van der Waals surface area (Å²) in [6.07, 6.45) is 2.26. The molecule has 0 spiro atoms. The van der Waals surface area contributed by atoms with Crippen molar-refractivity contribution in [2.45, 2.75) is 25.4 Å². The molecule has 1 aliphatic rings. The van der Waals surface area contributed by atoms with E-state index in [4.69, 9.17) is 4.74 Å². The Balaban J connectivity index is 2.02. The van der Waals surface area contributed by atoms with Gasteiger partial charge in [-0.1, -0.05) is 28.1 Å². The summed E-state index contributed by atoms with van der Waals surface area (Å²) in [7, 11) is 3.45. The Morgan fingerprint density at radius 3 is 2.56 bits per heavy atom. The summed E-state index contributed by atoms with van der Waals surface area (Å²) in [5.74, 6) is 0.356. The fraction of sp³-hybridized carbons (Fsp3) is 0.500. The number of hydrogen-bond acceptors (Lipinski definition) is 3. The van der Waals surface area contributed by atoms with Gasteiger partial charge in [-0.15, -0.1) is 0 Å². The smallest absolute Gasteiger partial charge is 0.323 e. The molecule has 0 aromatic heterocycles. The summed E-state index contributed by atoms with van der Waals surface area (Å²) in [5, 5.41) is 0. The minimum absolute atomic E-state index is 0.0985. The monoisotopic (exact) mass is 311 g/mol. The average molecular weight is 312 g/mol. The van der Waals surface area contributed by atoms with Crippen LogP contribution < -0.4 is 0 Å². The molecular weight excluding hydrogens is 294 g/mol. The number of carbonyl (C=O) groups excluding carboxylic acids is 1. The van der Waals surface area contributed by atoms with Crippen LogP contribution in [0.3, 0.4) is 0 Å². The molecule has 4 heteroatoms. The van der Waals surface area contributed by atoms with Crippen molar-refractivity contribution in [2.24, 2.45) is 5.92 Å². The van der Waals surface area contributed by atoms with Gasteiger partial charge in [-0.05, 0) is 43.5 Å². The fourth-order valence-corrected chi connectivity index (χ4v) is 2.51. The normalized spacial score (nSPS) is 16.7. The van der Waals surface area contributed by atoms with Gasteiger partial charge >= 0.3 is 5.97 Å². The van der Waals surface area contributed by atoms with Gasteiger partial charge in [0.05, 0.1) is 7.11 Å². The third kappa shape index (κ3) is 3.33. The highest BCUT2D eigenvalue weighted by Gasteiger charge is 2.39. The minimum Gasteiger partial charge on any atom is -0.468 e. The first-order valence-electron chi connectivity index (χ1n) is 6.14. The number of nitrogens with zero attached hydrogens (tertiary/aromatic N) is 1. The zero-order chi connectivity index (χ0) is 13.1. The first-order valence-corrected chi connectivity index (χ1v) is 6.93. The maximum Gasteiger partial charge on any atom is 0.323 e. The maximum atomic E-state index is 11.8. The second kappa shape index (κ2) is 5.85. The van der Waals surface area contributed by atoms with Gasteiger partial charge in [0.2, 0.25) is 0 Å². The number of likely N-dealkylation sites (N-methyl/N-ethyl adjacent to an activating group) is 1. The molecule has 3 nitrogen and oxygen atoms in total. The van der Waals surface area contributed by atoms with Crippen LogP contribution in [0.1, 0.15) is 18.4 Å². The van der Waals surface area contributed by atoms with Crippen molar-refractivity contribution >= 4 is 21.9 Å². The van der Waals surface area contributed by atoms with Gasteiger partial charge in [0, 0.05) is 11.0 Å². The lowest BCUT2D eigenvalue weighted by molar-refractivity contribution is -0.147. The molecular formula is C14H18BrNO2. The van der Waals surface area contributed by atoms with Crippen LogP contribution in [-0.2, 0) is 16.1 Å². The zero-order valence-corrected chi connectivity index (χ0v) is 12.3. The van der Waals surface area contributed by atoms with Crippen LogP contribution in [0.25, 0.3) is 0 Å². The quantitative estimate of drug-likeness (QED) is 0.783. The van der Waals surface area contributed by atoms with Crippen molar-refractivity contribution < 1.29 is 9.53 Å². The summed E-state index contributed by atoms with van der Waals surface area (Å²) in [6, 6.07) is 8.09. The molecule has 1 aromatic carbocycles. The number of esters is 1. The zero-order valence-electron chi connectivity index (χ0n) is 10.7. The Morgan fingerprint density at radius 2 is 2.06 bits per heavy atom. The molecule has 0 saturated heterocycles. The number of rotatable bonds is 5. The van der Waals surface area contributed by atoms with Crippen LogP contribution in [0.2, 0.25) is 0 Å². The molecule has 1 aliphatic carbocycles. The average Bonchev–Trinajstić information content (AvgIpc) is 3.16. The highest BCUT2D eigenvalue weighted by atomic mass is 79.9. The molecule has 2 rings (SSSR count). The molecule has 0 heterocycles. The maximum absolute atomic E-state index is 11.8. The lowest BCUT2D eigenvalue weighted by Gasteiger charge is -2.25. The van der Waals surface area contributed by atoms with E-state index >= 15 is 0 Å². The van der Waals surface area contributed by atoms with Crippen molar-refractivity contribution in [3.05, 3.63) is 34.3 Å². The molecule has 1 saturated carbocycles. The van der Waals surface area contributed by atoms with Crippen LogP contribution in [0.4, 0.5) is 0 Å². The van der Waals surface area contributed by atoms with Gasteiger partial charge in [0.1, 0.15) is 6.04 Å². The van der Waals surface area contributed by atoms with Crippen molar-refractivity contribution in [1.82, 2.24) is 4.90 Å². The van der Waals surface area contributed by atoms with Gasteiger partial charge in [-0.3, -0.25) is 9.69 Å². The Kier molecular flexibility index (Phi) is 4.40. The molecule has 1 aromatic rings. The van der Waals surface area contributed by atoms with E-state index in [1.807, 2.05) is 19.2 Å². The Bertz CT molecular complexity index is 414. The third-order valence-electron chi connectivity index (χ3n) is 3.33. The summed E-state index contributed by atoms with van der Waals surface area (Å²) in [6.45, 7) is 0.767. The topological polar surface area (TPSA) is 29.5 Å². The van der Waals surface area contributed by atoms with Crippen molar-refractivity contribution in [1.29, 1.82) is 0 Å². The van der Waals surface area contributed by atoms with E-state index in [1.165, 1.54) is 12.7 Å². The van der Waals surface area contributed by atoms with Crippen molar-refractivity contribution in [3.8, 4) is 0 Å². The van der Waals surface area contributed by atoms with E-state index in [1.54, 1.807) is 0 Å². The van der Waals surface area contributed by atoms with E-state index in [0.717, 1.165) is 23.9 Å². The SMILES string of the molecule is COC(=O)C(C1CC1)N(C)Cc1ccc(Br)cc1. The summed E-state index contributed by atoms with van der Waals surface area (Å²) >= 11 is 3.42. The molecule has 98 valence electrons. The Morgan fingerprint density at radius 1 is 1.44 bits per heavy atom. The van der Waals surface area contributed by atoms with E-state index < -0.39 is 0 Å². The predicted molar refractivity (Wildman–Crippen MR) is 74.1 cm³/mol. The second-order valence-electron chi connectivity index (χ2n) is 4.85. The highest BCUT2D eigenvalue weighted by molar-refractivity contribution is 9.10. The molecule has 1 atom stereocenters. The third-order valence-corrected chi connectivity index (χ3v) is 3.86. The minimum atomic E-state index is -0.114. The van der Waals surface area contributed by atoms with Crippen LogP contribution in [0.5, 0.6) is 0 Å². The van der Waals surface area contributed by atoms with Gasteiger partial charge in [-0.2, -0.15) is 0 Å². The highest BCUT2D eigenvalue weighted by Crippen LogP contribution is 2.36. The molecule has 0 bridgehead atoms. The number of benzene rings is 1. The number of hydrogen-bond donors (Lipinski definition) is 0. The molecule has 0 aliphatic heterocycles.